The molecule has 0 aromatic heterocycles. The van der Waals surface area contributed by atoms with E-state index in [4.69, 9.17) is 17.0 Å². The highest BCUT2D eigenvalue weighted by molar-refractivity contribution is 7.80. The fourth-order valence-electron chi connectivity index (χ4n) is 3.21. The van der Waals surface area contributed by atoms with Crippen molar-refractivity contribution in [2.24, 2.45) is 0 Å². The van der Waals surface area contributed by atoms with E-state index in [0.717, 1.165) is 24.5 Å². The summed E-state index contributed by atoms with van der Waals surface area (Å²) in [4.78, 5) is 28.0. The van der Waals surface area contributed by atoms with Gasteiger partial charge in [-0.25, -0.2) is 0 Å². The number of thiocarbonyl (C=S) groups is 1. The van der Waals surface area contributed by atoms with Crippen molar-refractivity contribution in [1.29, 1.82) is 0 Å². The van der Waals surface area contributed by atoms with Crippen molar-refractivity contribution in [2.75, 3.05) is 43.5 Å². The summed E-state index contributed by atoms with van der Waals surface area (Å²) in [5, 5.41) is 6.04. The van der Waals surface area contributed by atoms with Crippen molar-refractivity contribution >= 4 is 40.5 Å². The van der Waals surface area contributed by atoms with Gasteiger partial charge in [0.1, 0.15) is 5.75 Å². The van der Waals surface area contributed by atoms with Crippen LogP contribution in [-0.4, -0.2) is 55.1 Å². The van der Waals surface area contributed by atoms with Gasteiger partial charge in [0.05, 0.1) is 18.5 Å². The molecule has 0 saturated carbocycles. The molecule has 3 rings (SSSR count). The molecule has 7 nitrogen and oxygen atoms in total. The Morgan fingerprint density at radius 1 is 1.03 bits per heavy atom. The third-order valence-corrected chi connectivity index (χ3v) is 4.98. The molecular formula is C21H24N4O3S. The van der Waals surface area contributed by atoms with Crippen molar-refractivity contribution in [3.05, 3.63) is 54.1 Å². The molecule has 1 heterocycles. The third kappa shape index (κ3) is 5.23. The van der Waals surface area contributed by atoms with Gasteiger partial charge in [-0.1, -0.05) is 18.2 Å². The minimum atomic E-state index is -0.311. The molecule has 0 radical (unpaired) electrons. The summed E-state index contributed by atoms with van der Waals surface area (Å²) in [6, 6.07) is 14.6. The Kier molecular flexibility index (Phi) is 6.66. The molecule has 0 unspecified atom stereocenters. The van der Waals surface area contributed by atoms with Crippen molar-refractivity contribution in [2.45, 2.75) is 6.92 Å². The monoisotopic (exact) mass is 412 g/mol. The Bertz CT molecular complexity index is 910. The van der Waals surface area contributed by atoms with E-state index in [0.29, 0.717) is 24.4 Å². The Morgan fingerprint density at radius 3 is 2.45 bits per heavy atom. The summed E-state index contributed by atoms with van der Waals surface area (Å²) in [6.45, 7) is 4.43. The minimum Gasteiger partial charge on any atom is -0.497 e. The number of anilines is 2. The molecule has 152 valence electrons. The van der Waals surface area contributed by atoms with Crippen molar-refractivity contribution in [3.63, 3.8) is 0 Å². The van der Waals surface area contributed by atoms with E-state index in [1.54, 1.807) is 38.3 Å². The molecular weight excluding hydrogens is 388 g/mol. The zero-order valence-electron chi connectivity index (χ0n) is 16.5. The van der Waals surface area contributed by atoms with Crippen LogP contribution in [0, 0.1) is 0 Å². The highest BCUT2D eigenvalue weighted by atomic mass is 32.1. The number of piperazine rings is 1. The number of nitrogens with one attached hydrogen (secondary N) is 2. The number of hydrogen-bond donors (Lipinski definition) is 2. The van der Waals surface area contributed by atoms with Crippen molar-refractivity contribution in [1.82, 2.24) is 10.2 Å². The lowest BCUT2D eigenvalue weighted by Gasteiger charge is -2.36. The van der Waals surface area contributed by atoms with E-state index in [1.165, 1.54) is 0 Å². The Labute approximate surface area is 175 Å². The molecule has 0 bridgehead atoms. The number of amides is 2. The maximum absolute atomic E-state index is 12.5. The van der Waals surface area contributed by atoms with Crippen LogP contribution in [0.1, 0.15) is 17.3 Å². The molecule has 1 aliphatic rings. The van der Waals surface area contributed by atoms with Gasteiger partial charge in [0.25, 0.3) is 5.91 Å². The molecule has 2 aromatic rings. The quantitative estimate of drug-likeness (QED) is 0.752. The number of para-hydroxylation sites is 2. The largest absolute Gasteiger partial charge is 0.497 e. The van der Waals surface area contributed by atoms with Crippen molar-refractivity contribution in [3.8, 4) is 5.75 Å². The van der Waals surface area contributed by atoms with Crippen LogP contribution in [0.5, 0.6) is 5.75 Å². The zero-order chi connectivity index (χ0) is 20.8. The Hall–Kier alpha value is -3.13. The predicted octanol–water partition coefficient (Wildman–Crippen LogP) is 2.49. The summed E-state index contributed by atoms with van der Waals surface area (Å²) in [5.74, 6) is 0.387. The van der Waals surface area contributed by atoms with E-state index in [1.807, 2.05) is 29.2 Å². The van der Waals surface area contributed by atoms with Gasteiger partial charge in [0.2, 0.25) is 5.91 Å². The first-order valence-corrected chi connectivity index (χ1v) is 9.74. The molecule has 2 aromatic carbocycles. The van der Waals surface area contributed by atoms with Crippen LogP contribution in [0.2, 0.25) is 0 Å². The van der Waals surface area contributed by atoms with Gasteiger partial charge in [-0.15, -0.1) is 0 Å². The minimum absolute atomic E-state index is 0.0949. The SMILES string of the molecule is COc1cccc(C(=O)NC(=S)Nc2ccccc2N2CCN(C(C)=O)CC2)c1. The van der Waals surface area contributed by atoms with Gasteiger partial charge in [0, 0.05) is 38.7 Å². The van der Waals surface area contributed by atoms with Crippen LogP contribution in [0.3, 0.4) is 0 Å². The second-order valence-electron chi connectivity index (χ2n) is 6.65. The highest BCUT2D eigenvalue weighted by Crippen LogP contribution is 2.26. The average molecular weight is 413 g/mol. The Morgan fingerprint density at radius 2 is 1.76 bits per heavy atom. The summed E-state index contributed by atoms with van der Waals surface area (Å²) < 4.78 is 5.15. The van der Waals surface area contributed by atoms with E-state index >= 15 is 0 Å². The molecule has 0 spiro atoms. The van der Waals surface area contributed by atoms with Crippen LogP contribution in [0.25, 0.3) is 0 Å². The van der Waals surface area contributed by atoms with Gasteiger partial charge >= 0.3 is 0 Å². The second-order valence-corrected chi connectivity index (χ2v) is 7.06. The van der Waals surface area contributed by atoms with E-state index in [9.17, 15) is 9.59 Å². The van der Waals surface area contributed by atoms with E-state index in [-0.39, 0.29) is 16.9 Å². The molecule has 0 aliphatic carbocycles. The van der Waals surface area contributed by atoms with Crippen LogP contribution in [0.15, 0.2) is 48.5 Å². The molecule has 8 heteroatoms. The maximum atomic E-state index is 12.5. The highest BCUT2D eigenvalue weighted by Gasteiger charge is 2.21. The summed E-state index contributed by atoms with van der Waals surface area (Å²) in [5.41, 5.74) is 2.25. The van der Waals surface area contributed by atoms with E-state index in [2.05, 4.69) is 15.5 Å². The third-order valence-electron chi connectivity index (χ3n) is 4.78. The smallest absolute Gasteiger partial charge is 0.257 e. The molecule has 2 amide bonds. The topological polar surface area (TPSA) is 73.9 Å². The normalized spacial score (nSPS) is 13.6. The number of ether oxygens (including phenoxy) is 1. The fourth-order valence-corrected chi connectivity index (χ4v) is 3.41. The first-order chi connectivity index (χ1) is 14.0. The number of carbonyl (C=O) groups is 2. The standard InChI is InChI=1S/C21H24N4O3S/c1-15(26)24-10-12-25(13-11-24)19-9-4-3-8-18(19)22-21(29)23-20(27)16-6-5-7-17(14-16)28-2/h3-9,14H,10-13H2,1-2H3,(H2,22,23,27,29). The summed E-state index contributed by atoms with van der Waals surface area (Å²) >= 11 is 5.34. The van der Waals surface area contributed by atoms with Crippen LogP contribution in [-0.2, 0) is 4.79 Å². The number of nitrogens with zero attached hydrogens (tertiary/aromatic N) is 2. The number of rotatable bonds is 4. The lowest BCUT2D eigenvalue weighted by molar-refractivity contribution is -0.129. The van der Waals surface area contributed by atoms with Crippen molar-refractivity contribution < 1.29 is 14.3 Å². The first-order valence-electron chi connectivity index (χ1n) is 9.34. The van der Waals surface area contributed by atoms with Gasteiger partial charge in [0.15, 0.2) is 5.11 Å². The van der Waals surface area contributed by atoms with Crippen LogP contribution in [0.4, 0.5) is 11.4 Å². The molecule has 1 fully saturated rings. The average Bonchev–Trinajstić information content (AvgIpc) is 2.74. The molecule has 29 heavy (non-hydrogen) atoms. The van der Waals surface area contributed by atoms with E-state index < -0.39 is 0 Å². The van der Waals surface area contributed by atoms with Gasteiger partial charge in [-0.05, 0) is 42.5 Å². The fraction of sp³-hybridized carbons (Fsp3) is 0.286. The molecule has 0 atom stereocenters. The summed E-state index contributed by atoms with van der Waals surface area (Å²) in [7, 11) is 1.55. The number of carbonyl (C=O) groups excluding carboxylic acids is 2. The predicted molar refractivity (Wildman–Crippen MR) is 118 cm³/mol. The lowest BCUT2D eigenvalue weighted by atomic mass is 10.2. The van der Waals surface area contributed by atoms with Crippen LogP contribution >= 0.6 is 12.2 Å². The number of benzene rings is 2. The number of methoxy groups -OCH3 is 1. The van der Waals surface area contributed by atoms with Gasteiger partial charge < -0.3 is 19.9 Å². The second kappa shape index (κ2) is 9.38. The number of hydrogen-bond acceptors (Lipinski definition) is 5. The van der Waals surface area contributed by atoms with Gasteiger partial charge in [-0.3, -0.25) is 14.9 Å². The molecule has 1 aliphatic heterocycles. The maximum Gasteiger partial charge on any atom is 0.257 e. The van der Waals surface area contributed by atoms with Gasteiger partial charge in [-0.2, -0.15) is 0 Å². The first kappa shape index (κ1) is 20.6. The molecule has 2 N–H and O–H groups in total. The summed E-state index contributed by atoms with van der Waals surface area (Å²) in [6.07, 6.45) is 0. The zero-order valence-corrected chi connectivity index (χ0v) is 17.3. The molecule has 1 saturated heterocycles. The Balaban J connectivity index is 1.65. The van der Waals surface area contributed by atoms with Crippen LogP contribution < -0.4 is 20.3 Å². The lowest BCUT2D eigenvalue weighted by Crippen LogP contribution is -2.48.